The highest BCUT2D eigenvalue weighted by Gasteiger charge is 2.25. The molecule has 0 fully saturated rings. The van der Waals surface area contributed by atoms with Gasteiger partial charge >= 0.3 is 5.69 Å². The van der Waals surface area contributed by atoms with Crippen LogP contribution in [0, 0.1) is 0 Å². The summed E-state index contributed by atoms with van der Waals surface area (Å²) in [4.78, 5) is 41.3. The molecule has 1 amide bonds. The minimum Gasteiger partial charge on any atom is -0.310 e. The molecule has 0 atom stereocenters. The number of rotatable bonds is 3. The van der Waals surface area contributed by atoms with Gasteiger partial charge in [0.1, 0.15) is 6.54 Å². The molecule has 148 valence electrons. The van der Waals surface area contributed by atoms with Crippen LogP contribution in [0.15, 0.2) is 88.5 Å². The normalized spacial score (nSPS) is 12.9. The Morgan fingerprint density at radius 2 is 1.53 bits per heavy atom. The van der Waals surface area contributed by atoms with E-state index in [0.29, 0.717) is 23.1 Å². The summed E-state index contributed by atoms with van der Waals surface area (Å²) < 4.78 is 2.53. The maximum Gasteiger partial charge on any atom is 0.336 e. The Hall–Kier alpha value is -3.93. The van der Waals surface area contributed by atoms with Crippen LogP contribution in [-0.4, -0.2) is 21.6 Å². The van der Waals surface area contributed by atoms with E-state index in [1.807, 2.05) is 30.3 Å². The number of carbonyl (C=O) groups excluding carboxylic acids is 1. The number of fused-ring (bicyclic) bond motifs is 2. The van der Waals surface area contributed by atoms with Gasteiger partial charge in [-0.15, -0.1) is 0 Å². The summed E-state index contributed by atoms with van der Waals surface area (Å²) in [5, 5.41) is 0.399. The van der Waals surface area contributed by atoms with Crippen molar-refractivity contribution in [1.29, 1.82) is 0 Å². The van der Waals surface area contributed by atoms with Crippen molar-refractivity contribution in [3.8, 4) is 5.69 Å². The van der Waals surface area contributed by atoms with E-state index >= 15 is 0 Å². The Labute approximate surface area is 172 Å². The maximum absolute atomic E-state index is 13.4. The van der Waals surface area contributed by atoms with E-state index in [9.17, 15) is 14.4 Å². The number of amides is 1. The lowest BCUT2D eigenvalue weighted by Gasteiger charge is -2.19. The molecule has 0 unspecified atom stereocenters. The average molecular weight is 397 g/mol. The number of carbonyl (C=O) groups is 1. The number of aromatic nitrogens is 2. The van der Waals surface area contributed by atoms with Gasteiger partial charge in [-0.3, -0.25) is 14.2 Å². The zero-order chi connectivity index (χ0) is 20.7. The minimum absolute atomic E-state index is 0.138. The predicted octanol–water partition coefficient (Wildman–Crippen LogP) is 2.74. The molecular weight excluding hydrogens is 378 g/mol. The van der Waals surface area contributed by atoms with Gasteiger partial charge in [-0.05, 0) is 42.3 Å². The zero-order valence-electron chi connectivity index (χ0n) is 16.2. The smallest absolute Gasteiger partial charge is 0.310 e. The number of hydrogen-bond acceptors (Lipinski definition) is 3. The van der Waals surface area contributed by atoms with Crippen LogP contribution in [0.4, 0.5) is 5.69 Å². The van der Waals surface area contributed by atoms with E-state index in [-0.39, 0.29) is 12.5 Å². The number of para-hydroxylation sites is 3. The molecule has 0 spiro atoms. The number of hydrogen-bond donors (Lipinski definition) is 0. The highest BCUT2D eigenvalue weighted by molar-refractivity contribution is 5.96. The van der Waals surface area contributed by atoms with Gasteiger partial charge in [0.05, 0.1) is 16.6 Å². The van der Waals surface area contributed by atoms with Crippen LogP contribution in [0.3, 0.4) is 0 Å². The fourth-order valence-electron chi connectivity index (χ4n) is 4.10. The summed E-state index contributed by atoms with van der Waals surface area (Å²) in [5.41, 5.74) is 2.03. The number of benzene rings is 3. The van der Waals surface area contributed by atoms with Gasteiger partial charge in [0, 0.05) is 12.2 Å². The standard InChI is InChI=1S/C24H19N3O3/c28-22(25-15-14-17-8-4-6-12-20(17)25)16-26-21-13-7-5-11-19(21)23(29)27(24(26)30)18-9-2-1-3-10-18/h1-13H,14-16H2. The Balaban J connectivity index is 1.65. The molecular formula is C24H19N3O3. The van der Waals surface area contributed by atoms with Crippen LogP contribution in [0.1, 0.15) is 5.56 Å². The van der Waals surface area contributed by atoms with Crippen molar-refractivity contribution < 1.29 is 4.79 Å². The second-order valence-corrected chi connectivity index (χ2v) is 7.29. The lowest BCUT2D eigenvalue weighted by Crippen LogP contribution is -2.42. The van der Waals surface area contributed by atoms with Crippen molar-refractivity contribution in [2.75, 3.05) is 11.4 Å². The summed E-state index contributed by atoms with van der Waals surface area (Å²) in [6.45, 7) is 0.448. The topological polar surface area (TPSA) is 64.3 Å². The third-order valence-electron chi connectivity index (χ3n) is 5.55. The van der Waals surface area contributed by atoms with Gasteiger partial charge in [0.2, 0.25) is 5.91 Å². The molecule has 5 rings (SSSR count). The lowest BCUT2D eigenvalue weighted by atomic mass is 10.2. The lowest BCUT2D eigenvalue weighted by molar-refractivity contribution is -0.119. The Morgan fingerprint density at radius 3 is 2.37 bits per heavy atom. The number of nitrogens with zero attached hydrogens (tertiary/aromatic N) is 3. The predicted molar refractivity (Wildman–Crippen MR) is 116 cm³/mol. The highest BCUT2D eigenvalue weighted by atomic mass is 16.2. The van der Waals surface area contributed by atoms with Crippen molar-refractivity contribution >= 4 is 22.5 Å². The fraction of sp³-hybridized carbons (Fsp3) is 0.125. The second kappa shape index (κ2) is 7.15. The zero-order valence-corrected chi connectivity index (χ0v) is 16.2. The van der Waals surface area contributed by atoms with Gasteiger partial charge in [-0.2, -0.15) is 0 Å². The first kappa shape index (κ1) is 18.1. The summed E-state index contributed by atoms with van der Waals surface area (Å²) in [6.07, 6.45) is 0.793. The van der Waals surface area contributed by atoms with E-state index in [1.54, 1.807) is 53.4 Å². The summed E-state index contributed by atoms with van der Waals surface area (Å²) >= 11 is 0. The van der Waals surface area contributed by atoms with E-state index in [4.69, 9.17) is 0 Å². The average Bonchev–Trinajstić information content (AvgIpc) is 3.22. The van der Waals surface area contributed by atoms with E-state index in [1.165, 1.54) is 4.57 Å². The SMILES string of the molecule is O=C(Cn1c(=O)n(-c2ccccc2)c(=O)c2ccccc21)N1CCc2ccccc21. The highest BCUT2D eigenvalue weighted by Crippen LogP contribution is 2.27. The first-order valence-corrected chi connectivity index (χ1v) is 9.83. The van der Waals surface area contributed by atoms with Crippen molar-refractivity contribution in [2.45, 2.75) is 13.0 Å². The molecule has 0 saturated heterocycles. The van der Waals surface area contributed by atoms with Gasteiger partial charge in [0.15, 0.2) is 0 Å². The quantitative estimate of drug-likeness (QED) is 0.534. The molecule has 0 bridgehead atoms. The maximum atomic E-state index is 13.4. The van der Waals surface area contributed by atoms with Crippen molar-refractivity contribution in [3.63, 3.8) is 0 Å². The molecule has 30 heavy (non-hydrogen) atoms. The molecule has 0 radical (unpaired) electrons. The van der Waals surface area contributed by atoms with Crippen LogP contribution < -0.4 is 16.1 Å². The van der Waals surface area contributed by atoms with Gasteiger partial charge in [-0.25, -0.2) is 9.36 Å². The Morgan fingerprint density at radius 1 is 0.833 bits per heavy atom. The van der Waals surface area contributed by atoms with Crippen molar-refractivity contribution in [3.05, 3.63) is 105 Å². The van der Waals surface area contributed by atoms with Crippen LogP contribution >= 0.6 is 0 Å². The van der Waals surface area contributed by atoms with Crippen molar-refractivity contribution in [1.82, 2.24) is 9.13 Å². The molecule has 1 aliphatic rings. The third-order valence-corrected chi connectivity index (χ3v) is 5.55. The first-order valence-electron chi connectivity index (χ1n) is 9.83. The molecule has 3 aromatic carbocycles. The van der Waals surface area contributed by atoms with Crippen LogP contribution in [0.25, 0.3) is 16.6 Å². The minimum atomic E-state index is -0.522. The third kappa shape index (κ3) is 2.85. The summed E-state index contributed by atoms with van der Waals surface area (Å²) in [6, 6.07) is 23.5. The van der Waals surface area contributed by atoms with Crippen LogP contribution in [0.2, 0.25) is 0 Å². The van der Waals surface area contributed by atoms with E-state index < -0.39 is 11.2 Å². The largest absolute Gasteiger partial charge is 0.336 e. The summed E-state index contributed by atoms with van der Waals surface area (Å²) in [5.74, 6) is -0.175. The molecule has 0 saturated carbocycles. The molecule has 4 aromatic rings. The van der Waals surface area contributed by atoms with E-state index in [2.05, 4.69) is 0 Å². The van der Waals surface area contributed by atoms with E-state index in [0.717, 1.165) is 22.2 Å². The second-order valence-electron chi connectivity index (χ2n) is 7.29. The van der Waals surface area contributed by atoms with Gasteiger partial charge in [0.25, 0.3) is 5.56 Å². The molecule has 0 N–H and O–H groups in total. The van der Waals surface area contributed by atoms with Crippen molar-refractivity contribution in [2.24, 2.45) is 0 Å². The monoisotopic (exact) mass is 397 g/mol. The Kier molecular flexibility index (Phi) is 4.32. The number of anilines is 1. The Bertz CT molecular complexity index is 1390. The first-order chi connectivity index (χ1) is 14.6. The van der Waals surface area contributed by atoms with Crippen LogP contribution in [0.5, 0.6) is 0 Å². The van der Waals surface area contributed by atoms with Gasteiger partial charge < -0.3 is 4.90 Å². The van der Waals surface area contributed by atoms with Gasteiger partial charge in [-0.1, -0.05) is 48.5 Å². The fourth-order valence-corrected chi connectivity index (χ4v) is 4.10. The molecule has 6 heteroatoms. The molecule has 1 aromatic heterocycles. The molecule has 1 aliphatic heterocycles. The molecule has 2 heterocycles. The molecule has 0 aliphatic carbocycles. The summed E-state index contributed by atoms with van der Waals surface area (Å²) in [7, 11) is 0. The molecule has 6 nitrogen and oxygen atoms in total. The van der Waals surface area contributed by atoms with Crippen LogP contribution in [-0.2, 0) is 17.8 Å².